The summed E-state index contributed by atoms with van der Waals surface area (Å²) < 4.78 is 5.11. The van der Waals surface area contributed by atoms with Crippen molar-refractivity contribution in [2.45, 2.75) is 44.6 Å². The molecule has 1 fully saturated rings. The molecule has 0 radical (unpaired) electrons. The second kappa shape index (κ2) is 4.73. The van der Waals surface area contributed by atoms with E-state index in [4.69, 9.17) is 9.63 Å². The van der Waals surface area contributed by atoms with Gasteiger partial charge in [-0.15, -0.1) is 0 Å². The maximum atomic E-state index is 11.1. The van der Waals surface area contributed by atoms with Gasteiger partial charge in [0, 0.05) is 5.54 Å². The van der Waals surface area contributed by atoms with Crippen LogP contribution in [0.5, 0.6) is 0 Å². The summed E-state index contributed by atoms with van der Waals surface area (Å²) in [6, 6.07) is 0. The van der Waals surface area contributed by atoms with E-state index in [0.29, 0.717) is 17.2 Å². The van der Waals surface area contributed by atoms with Gasteiger partial charge in [0.25, 0.3) is 5.71 Å². The fourth-order valence-electron chi connectivity index (χ4n) is 2.96. The zero-order valence-electron chi connectivity index (χ0n) is 11.2. The summed E-state index contributed by atoms with van der Waals surface area (Å²) in [7, 11) is 0. The number of rotatable bonds is 4. The number of aromatic nitrogens is 3. The second-order valence-electron chi connectivity index (χ2n) is 5.35. The first-order valence-electron chi connectivity index (χ1n) is 6.67. The molecule has 0 amide bonds. The Balaban J connectivity index is 1.98. The number of aliphatic carboxylic acids is 1. The Hall–Kier alpha value is -2.18. The number of aryl methyl sites for hydroxylation is 1. The molecule has 2 aromatic heterocycles. The van der Waals surface area contributed by atoms with Crippen molar-refractivity contribution in [2.24, 2.45) is 0 Å². The molecule has 0 unspecified atom stereocenters. The summed E-state index contributed by atoms with van der Waals surface area (Å²) in [5, 5.41) is 17.1. The van der Waals surface area contributed by atoms with Gasteiger partial charge >= 0.3 is 5.97 Å². The van der Waals surface area contributed by atoms with Crippen LogP contribution in [0.2, 0.25) is 0 Å². The average Bonchev–Trinajstić information content (AvgIpc) is 2.97. The zero-order valence-corrected chi connectivity index (χ0v) is 11.2. The van der Waals surface area contributed by atoms with Crippen LogP contribution in [0.4, 0.5) is 5.82 Å². The minimum atomic E-state index is -0.799. The van der Waals surface area contributed by atoms with Crippen molar-refractivity contribution in [1.82, 2.24) is 15.1 Å². The molecule has 2 heterocycles. The topological polar surface area (TPSA) is 101 Å². The van der Waals surface area contributed by atoms with Gasteiger partial charge in [-0.1, -0.05) is 18.0 Å². The molecule has 1 aliphatic rings. The predicted molar refractivity (Wildman–Crippen MR) is 71.4 cm³/mol. The summed E-state index contributed by atoms with van der Waals surface area (Å²) in [5.74, 6) is -0.191. The molecular weight excluding hydrogens is 260 g/mol. The van der Waals surface area contributed by atoms with E-state index < -0.39 is 11.5 Å². The predicted octanol–water partition coefficient (Wildman–Crippen LogP) is 2.13. The van der Waals surface area contributed by atoms with Crippen molar-refractivity contribution in [3.8, 4) is 0 Å². The van der Waals surface area contributed by atoms with Crippen molar-refractivity contribution in [2.75, 3.05) is 5.32 Å². The van der Waals surface area contributed by atoms with E-state index in [1.165, 1.54) is 6.33 Å². The fraction of sp³-hybridized carbons (Fsp3) is 0.538. The standard InChI is InChI=1S/C13H16N4O3/c1-8-10-11(14-7-15-12(10)20-17-8)16-13(6-9(18)19)4-2-3-5-13/h7H,2-6H2,1H3,(H,18,19)(H,14,15,16). The van der Waals surface area contributed by atoms with E-state index in [1.54, 1.807) is 0 Å². The van der Waals surface area contributed by atoms with Gasteiger partial charge in [0.15, 0.2) is 0 Å². The lowest BCUT2D eigenvalue weighted by atomic mass is 9.93. The molecule has 106 valence electrons. The van der Waals surface area contributed by atoms with Crippen LogP contribution in [0.25, 0.3) is 11.1 Å². The van der Waals surface area contributed by atoms with Crippen molar-refractivity contribution in [3.05, 3.63) is 12.0 Å². The number of hydrogen-bond acceptors (Lipinski definition) is 6. The number of carboxylic acids is 1. The van der Waals surface area contributed by atoms with E-state index in [2.05, 4.69) is 20.4 Å². The highest BCUT2D eigenvalue weighted by atomic mass is 16.5. The number of nitrogens with zero attached hydrogens (tertiary/aromatic N) is 3. The van der Waals surface area contributed by atoms with E-state index >= 15 is 0 Å². The summed E-state index contributed by atoms with van der Waals surface area (Å²) in [4.78, 5) is 19.4. The Bertz CT molecular complexity index is 646. The van der Waals surface area contributed by atoms with Gasteiger partial charge in [-0.25, -0.2) is 4.98 Å². The summed E-state index contributed by atoms with van der Waals surface area (Å²) >= 11 is 0. The SMILES string of the molecule is Cc1noc2ncnc(NC3(CC(=O)O)CCCC3)c12. The highest BCUT2D eigenvalue weighted by Gasteiger charge is 2.37. The highest BCUT2D eigenvalue weighted by molar-refractivity contribution is 5.87. The summed E-state index contributed by atoms with van der Waals surface area (Å²) in [6.45, 7) is 1.82. The number of anilines is 1. The smallest absolute Gasteiger partial charge is 0.305 e. The minimum Gasteiger partial charge on any atom is -0.481 e. The fourth-order valence-corrected chi connectivity index (χ4v) is 2.96. The lowest BCUT2D eigenvalue weighted by Crippen LogP contribution is -2.38. The van der Waals surface area contributed by atoms with Gasteiger partial charge in [-0.3, -0.25) is 4.79 Å². The minimum absolute atomic E-state index is 0.0861. The first-order valence-corrected chi connectivity index (χ1v) is 6.67. The molecule has 3 rings (SSSR count). The third-order valence-electron chi connectivity index (χ3n) is 3.88. The van der Waals surface area contributed by atoms with Crippen LogP contribution in [-0.4, -0.2) is 31.7 Å². The quantitative estimate of drug-likeness (QED) is 0.881. The molecule has 20 heavy (non-hydrogen) atoms. The van der Waals surface area contributed by atoms with Crippen molar-refractivity contribution in [3.63, 3.8) is 0 Å². The highest BCUT2D eigenvalue weighted by Crippen LogP contribution is 2.37. The molecule has 2 N–H and O–H groups in total. The Morgan fingerprint density at radius 1 is 1.45 bits per heavy atom. The van der Waals surface area contributed by atoms with Crippen LogP contribution < -0.4 is 5.32 Å². The number of fused-ring (bicyclic) bond motifs is 1. The van der Waals surface area contributed by atoms with Crippen LogP contribution in [0.1, 0.15) is 37.8 Å². The monoisotopic (exact) mass is 276 g/mol. The number of carboxylic acid groups (broad SMARTS) is 1. The number of nitrogens with one attached hydrogen (secondary N) is 1. The van der Waals surface area contributed by atoms with Crippen LogP contribution >= 0.6 is 0 Å². The molecule has 1 saturated carbocycles. The van der Waals surface area contributed by atoms with Crippen molar-refractivity contribution >= 4 is 22.9 Å². The molecule has 0 aromatic carbocycles. The lowest BCUT2D eigenvalue weighted by molar-refractivity contribution is -0.138. The summed E-state index contributed by atoms with van der Waals surface area (Å²) in [5.41, 5.74) is 0.687. The van der Waals surface area contributed by atoms with Gasteiger partial charge in [0.2, 0.25) is 0 Å². The first-order chi connectivity index (χ1) is 9.60. The molecular formula is C13H16N4O3. The Kier molecular flexibility index (Phi) is 3.04. The van der Waals surface area contributed by atoms with Crippen LogP contribution in [0, 0.1) is 6.92 Å². The van der Waals surface area contributed by atoms with E-state index in [9.17, 15) is 4.79 Å². The maximum Gasteiger partial charge on any atom is 0.305 e. The largest absolute Gasteiger partial charge is 0.481 e. The van der Waals surface area contributed by atoms with Gasteiger partial charge in [0.1, 0.15) is 17.5 Å². The number of carbonyl (C=O) groups is 1. The Labute approximate surface area is 115 Å². The third-order valence-corrected chi connectivity index (χ3v) is 3.88. The molecule has 0 bridgehead atoms. The van der Waals surface area contributed by atoms with Gasteiger partial charge in [-0.05, 0) is 19.8 Å². The third kappa shape index (κ3) is 2.19. The normalized spacial score (nSPS) is 17.4. The van der Waals surface area contributed by atoms with Crippen LogP contribution in [0.15, 0.2) is 10.9 Å². The van der Waals surface area contributed by atoms with Crippen LogP contribution in [0.3, 0.4) is 0 Å². The summed E-state index contributed by atoms with van der Waals surface area (Å²) in [6.07, 6.45) is 5.19. The molecule has 0 spiro atoms. The van der Waals surface area contributed by atoms with Gasteiger partial charge in [-0.2, -0.15) is 4.98 Å². The molecule has 0 atom stereocenters. The average molecular weight is 276 g/mol. The molecule has 7 heteroatoms. The van der Waals surface area contributed by atoms with Crippen LogP contribution in [-0.2, 0) is 4.79 Å². The van der Waals surface area contributed by atoms with E-state index in [0.717, 1.165) is 31.1 Å². The van der Waals surface area contributed by atoms with E-state index in [1.807, 2.05) is 6.92 Å². The maximum absolute atomic E-state index is 11.1. The molecule has 0 aliphatic heterocycles. The Morgan fingerprint density at radius 3 is 2.90 bits per heavy atom. The Morgan fingerprint density at radius 2 is 2.20 bits per heavy atom. The zero-order chi connectivity index (χ0) is 14.2. The van der Waals surface area contributed by atoms with E-state index in [-0.39, 0.29) is 6.42 Å². The second-order valence-corrected chi connectivity index (χ2v) is 5.35. The van der Waals surface area contributed by atoms with Crippen molar-refractivity contribution in [1.29, 1.82) is 0 Å². The van der Waals surface area contributed by atoms with Gasteiger partial charge in [0.05, 0.1) is 12.1 Å². The lowest BCUT2D eigenvalue weighted by Gasteiger charge is -2.29. The molecule has 7 nitrogen and oxygen atoms in total. The molecule has 0 saturated heterocycles. The molecule has 1 aliphatic carbocycles. The van der Waals surface area contributed by atoms with Crippen molar-refractivity contribution < 1.29 is 14.4 Å². The molecule has 2 aromatic rings. The number of hydrogen-bond donors (Lipinski definition) is 2. The van der Waals surface area contributed by atoms with Gasteiger partial charge < -0.3 is 14.9 Å². The first kappa shape index (κ1) is 12.8.